The maximum atomic E-state index is 11.9. The van der Waals surface area contributed by atoms with Crippen LogP contribution in [0.25, 0.3) is 10.2 Å². The van der Waals surface area contributed by atoms with Crippen molar-refractivity contribution >= 4 is 27.5 Å². The molecule has 1 heterocycles. The molecule has 3 aromatic rings. The molecule has 0 radical (unpaired) electrons. The third-order valence-electron chi connectivity index (χ3n) is 3.74. The lowest BCUT2D eigenvalue weighted by Gasteiger charge is -2.05. The van der Waals surface area contributed by atoms with Gasteiger partial charge in [-0.15, -0.1) is 11.3 Å². The van der Waals surface area contributed by atoms with Crippen molar-refractivity contribution in [3.63, 3.8) is 0 Å². The molecule has 2 aromatic carbocycles. The molecule has 0 fully saturated rings. The normalized spacial score (nSPS) is 10.8. The predicted octanol–water partition coefficient (Wildman–Crippen LogP) is 4.24. The maximum absolute atomic E-state index is 11.9. The Labute approximate surface area is 140 Å². The minimum atomic E-state index is 0.103. The number of hydrogen-bond donors (Lipinski definition) is 1. The number of nitrogens with one attached hydrogen (secondary N) is 1. The zero-order valence-electron chi connectivity index (χ0n) is 13.2. The number of carbonyl (C=O) groups is 1. The molecule has 4 heteroatoms. The van der Waals surface area contributed by atoms with E-state index in [0.717, 1.165) is 28.9 Å². The SMILES string of the molecule is Cc1ccc(CNC(=O)CCCc2nc3ccccc3s2)cc1. The molecule has 3 nitrogen and oxygen atoms in total. The standard InChI is InChI=1S/C19H20N2OS/c1-14-9-11-15(12-10-14)13-20-18(22)7-4-8-19-21-16-5-2-3-6-17(16)23-19/h2-3,5-6,9-12H,4,7-8,13H2,1H3,(H,20,22). The predicted molar refractivity (Wildman–Crippen MR) is 95.6 cm³/mol. The highest BCUT2D eigenvalue weighted by Gasteiger charge is 2.05. The Balaban J connectivity index is 1.43. The second kappa shape index (κ2) is 7.38. The summed E-state index contributed by atoms with van der Waals surface area (Å²) in [6, 6.07) is 16.4. The summed E-state index contributed by atoms with van der Waals surface area (Å²) in [7, 11) is 0. The van der Waals surface area contributed by atoms with E-state index in [2.05, 4.69) is 47.6 Å². The summed E-state index contributed by atoms with van der Waals surface area (Å²) >= 11 is 1.72. The second-order valence-electron chi connectivity index (χ2n) is 5.69. The van der Waals surface area contributed by atoms with Gasteiger partial charge in [0.1, 0.15) is 0 Å². The molecule has 118 valence electrons. The van der Waals surface area contributed by atoms with Crippen molar-refractivity contribution in [2.75, 3.05) is 0 Å². The van der Waals surface area contributed by atoms with Gasteiger partial charge in [-0.05, 0) is 37.5 Å². The molecule has 0 saturated carbocycles. The molecular weight excluding hydrogens is 304 g/mol. The molecular formula is C19H20N2OS. The number of benzene rings is 2. The van der Waals surface area contributed by atoms with Crippen LogP contribution in [0.2, 0.25) is 0 Å². The summed E-state index contributed by atoms with van der Waals surface area (Å²) in [6.07, 6.45) is 2.23. The van der Waals surface area contributed by atoms with Crippen molar-refractivity contribution in [1.29, 1.82) is 0 Å². The van der Waals surface area contributed by atoms with Crippen molar-refractivity contribution < 1.29 is 4.79 Å². The molecule has 1 aromatic heterocycles. The molecule has 0 aliphatic rings. The first-order valence-electron chi connectivity index (χ1n) is 7.87. The molecule has 1 amide bonds. The molecule has 0 saturated heterocycles. The van der Waals surface area contributed by atoms with E-state index in [1.807, 2.05) is 18.2 Å². The lowest BCUT2D eigenvalue weighted by molar-refractivity contribution is -0.121. The van der Waals surface area contributed by atoms with Crippen molar-refractivity contribution in [2.45, 2.75) is 32.7 Å². The first kappa shape index (κ1) is 15.7. The summed E-state index contributed by atoms with van der Waals surface area (Å²) in [5, 5.41) is 4.08. The van der Waals surface area contributed by atoms with Crippen LogP contribution in [-0.4, -0.2) is 10.9 Å². The minimum Gasteiger partial charge on any atom is -0.352 e. The Morgan fingerprint density at radius 3 is 2.70 bits per heavy atom. The summed E-state index contributed by atoms with van der Waals surface area (Å²) < 4.78 is 1.21. The van der Waals surface area contributed by atoms with E-state index in [9.17, 15) is 4.79 Å². The average Bonchev–Trinajstić information content (AvgIpc) is 2.97. The van der Waals surface area contributed by atoms with Crippen LogP contribution in [0, 0.1) is 6.92 Å². The Hall–Kier alpha value is -2.20. The number of carbonyl (C=O) groups excluding carboxylic acids is 1. The summed E-state index contributed by atoms with van der Waals surface area (Å²) in [5.41, 5.74) is 3.42. The van der Waals surface area contributed by atoms with Gasteiger partial charge in [-0.3, -0.25) is 4.79 Å². The Kier molecular flexibility index (Phi) is 5.03. The van der Waals surface area contributed by atoms with Crippen LogP contribution in [0.5, 0.6) is 0 Å². The van der Waals surface area contributed by atoms with Crippen LogP contribution in [0.3, 0.4) is 0 Å². The number of aryl methyl sites for hydroxylation is 2. The number of para-hydroxylation sites is 1. The number of hydrogen-bond acceptors (Lipinski definition) is 3. The van der Waals surface area contributed by atoms with Gasteiger partial charge in [0.2, 0.25) is 5.91 Å². The first-order chi connectivity index (χ1) is 11.2. The molecule has 0 bridgehead atoms. The second-order valence-corrected chi connectivity index (χ2v) is 6.81. The van der Waals surface area contributed by atoms with Crippen molar-refractivity contribution in [1.82, 2.24) is 10.3 Å². The lowest BCUT2D eigenvalue weighted by atomic mass is 10.1. The number of thiazole rings is 1. The fraction of sp³-hybridized carbons (Fsp3) is 0.263. The van der Waals surface area contributed by atoms with E-state index in [1.54, 1.807) is 11.3 Å². The number of amides is 1. The highest BCUT2D eigenvalue weighted by molar-refractivity contribution is 7.18. The molecule has 0 atom stereocenters. The van der Waals surface area contributed by atoms with Crippen LogP contribution >= 0.6 is 11.3 Å². The van der Waals surface area contributed by atoms with E-state index in [1.165, 1.54) is 10.3 Å². The van der Waals surface area contributed by atoms with Crippen LogP contribution in [0.15, 0.2) is 48.5 Å². The number of aromatic nitrogens is 1. The van der Waals surface area contributed by atoms with Gasteiger partial charge in [-0.1, -0.05) is 42.0 Å². The molecule has 0 aliphatic heterocycles. The van der Waals surface area contributed by atoms with Gasteiger partial charge in [0.25, 0.3) is 0 Å². The van der Waals surface area contributed by atoms with Crippen molar-refractivity contribution in [3.8, 4) is 0 Å². The van der Waals surface area contributed by atoms with Crippen LogP contribution in [0.1, 0.15) is 29.0 Å². The monoisotopic (exact) mass is 324 g/mol. The molecule has 0 spiro atoms. The highest BCUT2D eigenvalue weighted by atomic mass is 32.1. The van der Waals surface area contributed by atoms with Crippen molar-refractivity contribution in [2.24, 2.45) is 0 Å². The minimum absolute atomic E-state index is 0.103. The van der Waals surface area contributed by atoms with Crippen LogP contribution in [0.4, 0.5) is 0 Å². The smallest absolute Gasteiger partial charge is 0.220 e. The molecule has 3 rings (SSSR count). The average molecular weight is 324 g/mol. The Morgan fingerprint density at radius 1 is 1.13 bits per heavy atom. The van der Waals surface area contributed by atoms with Crippen molar-refractivity contribution in [3.05, 3.63) is 64.7 Å². The van der Waals surface area contributed by atoms with Gasteiger partial charge >= 0.3 is 0 Å². The first-order valence-corrected chi connectivity index (χ1v) is 8.69. The Morgan fingerprint density at radius 2 is 1.91 bits per heavy atom. The maximum Gasteiger partial charge on any atom is 0.220 e. The van der Waals surface area contributed by atoms with E-state index in [-0.39, 0.29) is 5.91 Å². The summed E-state index contributed by atoms with van der Waals surface area (Å²) in [5.74, 6) is 0.103. The van der Waals surface area contributed by atoms with Gasteiger partial charge in [-0.25, -0.2) is 4.98 Å². The Bertz CT molecular complexity index is 759. The van der Waals surface area contributed by atoms with E-state index < -0.39 is 0 Å². The fourth-order valence-corrected chi connectivity index (χ4v) is 3.43. The van der Waals surface area contributed by atoms with E-state index in [0.29, 0.717) is 13.0 Å². The number of fused-ring (bicyclic) bond motifs is 1. The highest BCUT2D eigenvalue weighted by Crippen LogP contribution is 2.22. The van der Waals surface area contributed by atoms with E-state index >= 15 is 0 Å². The van der Waals surface area contributed by atoms with Crippen LogP contribution < -0.4 is 5.32 Å². The van der Waals surface area contributed by atoms with E-state index in [4.69, 9.17) is 0 Å². The van der Waals surface area contributed by atoms with Gasteiger partial charge < -0.3 is 5.32 Å². The summed E-state index contributed by atoms with van der Waals surface area (Å²) in [4.78, 5) is 16.5. The largest absolute Gasteiger partial charge is 0.352 e. The quantitative estimate of drug-likeness (QED) is 0.737. The zero-order valence-corrected chi connectivity index (χ0v) is 14.0. The topological polar surface area (TPSA) is 42.0 Å². The van der Waals surface area contributed by atoms with Gasteiger partial charge in [-0.2, -0.15) is 0 Å². The fourth-order valence-electron chi connectivity index (χ4n) is 2.42. The molecule has 1 N–H and O–H groups in total. The molecule has 23 heavy (non-hydrogen) atoms. The zero-order chi connectivity index (χ0) is 16.1. The molecule has 0 aliphatic carbocycles. The third-order valence-corrected chi connectivity index (χ3v) is 4.84. The lowest BCUT2D eigenvalue weighted by Crippen LogP contribution is -2.22. The van der Waals surface area contributed by atoms with Gasteiger partial charge in [0.05, 0.1) is 15.2 Å². The van der Waals surface area contributed by atoms with Gasteiger partial charge in [0, 0.05) is 13.0 Å². The van der Waals surface area contributed by atoms with Crippen LogP contribution in [-0.2, 0) is 17.8 Å². The number of nitrogens with zero attached hydrogens (tertiary/aromatic N) is 1. The number of rotatable bonds is 6. The van der Waals surface area contributed by atoms with Gasteiger partial charge in [0.15, 0.2) is 0 Å². The third kappa shape index (κ3) is 4.39. The molecule has 0 unspecified atom stereocenters. The summed E-state index contributed by atoms with van der Waals surface area (Å²) in [6.45, 7) is 2.66.